The Labute approximate surface area is 117 Å². The molecule has 1 aliphatic carbocycles. The largest absolute Gasteiger partial charge is 0.394 e. The molecular weight excluding hydrogens is 246 g/mol. The van der Waals surface area contributed by atoms with Crippen LogP contribution in [0.5, 0.6) is 0 Å². The molecule has 2 nitrogen and oxygen atoms in total. The van der Waals surface area contributed by atoms with Gasteiger partial charge in [0.15, 0.2) is 0 Å². The molecule has 98 valence electrons. The molecule has 0 saturated carbocycles. The molecular formula is C18H15NO. The summed E-state index contributed by atoms with van der Waals surface area (Å²) in [6.45, 7) is -0.0361. The van der Waals surface area contributed by atoms with E-state index in [0.29, 0.717) is 0 Å². The van der Waals surface area contributed by atoms with Gasteiger partial charge >= 0.3 is 0 Å². The Hall–Kier alpha value is -2.16. The molecule has 0 aromatic heterocycles. The van der Waals surface area contributed by atoms with Crippen molar-refractivity contribution in [1.29, 1.82) is 0 Å². The fraction of sp³-hybridized carbons (Fsp3) is 0.111. The number of rotatable bonds is 2. The van der Waals surface area contributed by atoms with Gasteiger partial charge in [-0.25, -0.2) is 0 Å². The minimum absolute atomic E-state index is 0.0361. The number of aliphatic hydroxyl groups excluding tert-OH is 1. The van der Waals surface area contributed by atoms with Crippen LogP contribution in [0.4, 0.5) is 0 Å². The highest BCUT2D eigenvalue weighted by Gasteiger charge is 2.22. The van der Waals surface area contributed by atoms with Crippen molar-refractivity contribution >= 4 is 10.8 Å². The maximum absolute atomic E-state index is 9.35. The van der Waals surface area contributed by atoms with Crippen LogP contribution >= 0.6 is 0 Å². The number of fused-ring (bicyclic) bond motifs is 3. The molecule has 0 bridgehead atoms. The quantitative estimate of drug-likeness (QED) is 0.580. The first-order chi connectivity index (χ1) is 9.81. The summed E-state index contributed by atoms with van der Waals surface area (Å²) in [7, 11) is 0. The van der Waals surface area contributed by atoms with Gasteiger partial charge in [-0.15, -0.1) is 0 Å². The topological polar surface area (TPSA) is 46.2 Å². The van der Waals surface area contributed by atoms with Gasteiger partial charge in [0.1, 0.15) is 0 Å². The summed E-state index contributed by atoms with van der Waals surface area (Å²) < 4.78 is 0. The molecule has 0 heterocycles. The van der Waals surface area contributed by atoms with Crippen molar-refractivity contribution < 1.29 is 5.11 Å². The van der Waals surface area contributed by atoms with E-state index in [1.807, 2.05) is 6.07 Å². The van der Waals surface area contributed by atoms with Crippen molar-refractivity contribution in [3.8, 4) is 22.3 Å². The fourth-order valence-corrected chi connectivity index (χ4v) is 3.25. The molecule has 1 atom stereocenters. The lowest BCUT2D eigenvalue weighted by Crippen LogP contribution is -2.14. The Morgan fingerprint density at radius 2 is 1.45 bits per heavy atom. The van der Waals surface area contributed by atoms with Crippen molar-refractivity contribution in [2.75, 3.05) is 6.61 Å². The highest BCUT2D eigenvalue weighted by atomic mass is 16.3. The second-order valence-corrected chi connectivity index (χ2v) is 5.27. The average molecular weight is 261 g/mol. The van der Waals surface area contributed by atoms with E-state index in [2.05, 4.69) is 48.5 Å². The predicted molar refractivity (Wildman–Crippen MR) is 82.4 cm³/mol. The van der Waals surface area contributed by atoms with Crippen LogP contribution in [-0.4, -0.2) is 11.7 Å². The van der Waals surface area contributed by atoms with E-state index in [9.17, 15) is 5.11 Å². The standard InChI is InChI=1S/C18H15NO/c19-17(10-20)13-8-9-16-12-5-2-1-4-11(12)14-6-3-7-15(13)18(14)16/h1-9,17,20H,10,19H2/t17-/m0/s1. The van der Waals surface area contributed by atoms with Crippen molar-refractivity contribution in [2.24, 2.45) is 5.73 Å². The first-order valence-electron chi connectivity index (χ1n) is 6.83. The van der Waals surface area contributed by atoms with Gasteiger partial charge in [0.2, 0.25) is 0 Å². The van der Waals surface area contributed by atoms with Gasteiger partial charge < -0.3 is 10.8 Å². The molecule has 4 rings (SSSR count). The van der Waals surface area contributed by atoms with Crippen molar-refractivity contribution in [3.05, 3.63) is 60.2 Å². The first-order valence-corrected chi connectivity index (χ1v) is 6.83. The average Bonchev–Trinajstić information content (AvgIpc) is 2.84. The van der Waals surface area contributed by atoms with Gasteiger partial charge in [0.25, 0.3) is 0 Å². The number of hydrogen-bond donors (Lipinski definition) is 2. The number of benzene rings is 3. The lowest BCUT2D eigenvalue weighted by Gasteiger charge is -2.13. The van der Waals surface area contributed by atoms with Crippen molar-refractivity contribution in [1.82, 2.24) is 0 Å². The third-order valence-corrected chi connectivity index (χ3v) is 4.18. The molecule has 0 radical (unpaired) electrons. The third-order valence-electron chi connectivity index (χ3n) is 4.18. The first kappa shape index (κ1) is 11.6. The zero-order chi connectivity index (χ0) is 13.7. The Bertz CT molecular complexity index is 794. The number of nitrogens with two attached hydrogens (primary N) is 1. The fourth-order valence-electron chi connectivity index (χ4n) is 3.25. The van der Waals surface area contributed by atoms with Gasteiger partial charge in [-0.2, -0.15) is 0 Å². The zero-order valence-corrected chi connectivity index (χ0v) is 11.0. The van der Waals surface area contributed by atoms with Crippen LogP contribution in [0.15, 0.2) is 54.6 Å². The summed E-state index contributed by atoms with van der Waals surface area (Å²) in [5.74, 6) is 0. The van der Waals surface area contributed by atoms with E-state index in [1.165, 1.54) is 27.6 Å². The lowest BCUT2D eigenvalue weighted by atomic mass is 9.95. The van der Waals surface area contributed by atoms with E-state index in [1.54, 1.807) is 0 Å². The van der Waals surface area contributed by atoms with Crippen LogP contribution in [0.3, 0.4) is 0 Å². The van der Waals surface area contributed by atoms with E-state index < -0.39 is 0 Å². The molecule has 0 saturated heterocycles. The maximum Gasteiger partial charge on any atom is 0.0624 e. The summed E-state index contributed by atoms with van der Waals surface area (Å²) in [5.41, 5.74) is 12.1. The van der Waals surface area contributed by atoms with Crippen LogP contribution < -0.4 is 5.73 Å². The molecule has 0 aliphatic heterocycles. The normalized spacial score (nSPS) is 13.5. The molecule has 1 aliphatic rings. The molecule has 3 aromatic rings. The summed E-state index contributed by atoms with van der Waals surface area (Å²) in [6.07, 6.45) is 0. The third kappa shape index (κ3) is 1.40. The molecule has 3 N–H and O–H groups in total. The molecule has 2 heteroatoms. The zero-order valence-electron chi connectivity index (χ0n) is 11.0. The Morgan fingerprint density at radius 3 is 2.15 bits per heavy atom. The van der Waals surface area contributed by atoms with Crippen molar-refractivity contribution in [3.63, 3.8) is 0 Å². The monoisotopic (exact) mass is 261 g/mol. The van der Waals surface area contributed by atoms with Crippen LogP contribution in [0, 0.1) is 0 Å². The Kier molecular flexibility index (Phi) is 2.43. The molecule has 0 unspecified atom stereocenters. The van der Waals surface area contributed by atoms with E-state index >= 15 is 0 Å². The molecule has 0 amide bonds. The van der Waals surface area contributed by atoms with Gasteiger partial charge in [-0.3, -0.25) is 0 Å². The van der Waals surface area contributed by atoms with E-state index in [-0.39, 0.29) is 12.6 Å². The molecule has 0 spiro atoms. The van der Waals surface area contributed by atoms with Gasteiger partial charge in [0, 0.05) is 0 Å². The lowest BCUT2D eigenvalue weighted by molar-refractivity contribution is 0.268. The summed E-state index contributed by atoms with van der Waals surface area (Å²) >= 11 is 0. The van der Waals surface area contributed by atoms with Crippen LogP contribution in [0.1, 0.15) is 11.6 Å². The highest BCUT2D eigenvalue weighted by Crippen LogP contribution is 2.48. The minimum Gasteiger partial charge on any atom is -0.394 e. The second kappa shape index (κ2) is 4.17. The van der Waals surface area contributed by atoms with Gasteiger partial charge in [0.05, 0.1) is 12.6 Å². The SMILES string of the molecule is N[C@@H](CO)c1ccc2c3c(cccc13)-c1ccccc1-2. The van der Waals surface area contributed by atoms with Gasteiger partial charge in [-0.1, -0.05) is 54.6 Å². The van der Waals surface area contributed by atoms with Crippen LogP contribution in [0.25, 0.3) is 33.0 Å². The Balaban J connectivity index is 2.13. The summed E-state index contributed by atoms with van der Waals surface area (Å²) in [6, 6.07) is 18.6. The van der Waals surface area contributed by atoms with E-state index in [4.69, 9.17) is 5.73 Å². The highest BCUT2D eigenvalue weighted by molar-refractivity contribution is 6.16. The van der Waals surface area contributed by atoms with Crippen LogP contribution in [0.2, 0.25) is 0 Å². The minimum atomic E-state index is -0.331. The predicted octanol–water partition coefficient (Wildman–Crippen LogP) is 3.48. The molecule has 0 fully saturated rings. The second-order valence-electron chi connectivity index (χ2n) is 5.27. The summed E-state index contributed by atoms with van der Waals surface area (Å²) in [5, 5.41) is 11.8. The van der Waals surface area contributed by atoms with Crippen molar-refractivity contribution in [2.45, 2.75) is 6.04 Å². The maximum atomic E-state index is 9.35. The molecule has 3 aromatic carbocycles. The molecule has 20 heavy (non-hydrogen) atoms. The Morgan fingerprint density at radius 1 is 0.800 bits per heavy atom. The number of aliphatic hydroxyl groups is 1. The summed E-state index contributed by atoms with van der Waals surface area (Å²) in [4.78, 5) is 0. The van der Waals surface area contributed by atoms with E-state index in [0.717, 1.165) is 10.9 Å². The van der Waals surface area contributed by atoms with Crippen LogP contribution in [-0.2, 0) is 0 Å². The smallest absolute Gasteiger partial charge is 0.0624 e. The van der Waals surface area contributed by atoms with Gasteiger partial charge in [-0.05, 0) is 38.6 Å². The number of hydrogen-bond acceptors (Lipinski definition) is 2.